The van der Waals surface area contributed by atoms with Gasteiger partial charge in [-0.05, 0) is 29.8 Å². The summed E-state index contributed by atoms with van der Waals surface area (Å²) in [7, 11) is 1.89. The number of rotatable bonds is 5. The molecule has 0 unspecified atom stereocenters. The first-order chi connectivity index (χ1) is 12.2. The molecule has 2 atom stereocenters. The summed E-state index contributed by atoms with van der Waals surface area (Å²) in [6.45, 7) is 1.53. The Morgan fingerprint density at radius 2 is 2.08 bits per heavy atom. The molecule has 0 aromatic carbocycles. The van der Waals surface area contributed by atoms with Crippen molar-refractivity contribution in [2.75, 3.05) is 13.6 Å². The van der Waals surface area contributed by atoms with E-state index in [0.29, 0.717) is 6.42 Å². The lowest BCUT2D eigenvalue weighted by atomic mass is 9.94. The van der Waals surface area contributed by atoms with E-state index in [4.69, 9.17) is 0 Å². The molecule has 0 saturated carbocycles. The van der Waals surface area contributed by atoms with E-state index >= 15 is 0 Å². The third kappa shape index (κ3) is 3.00. The SMILES string of the molecule is CN1C(=O)C[C@@H](CNCc2cnn3ccccc23)[C@@H]1c1ccncc1. The maximum atomic E-state index is 12.2. The molecule has 0 spiro atoms. The molecule has 0 radical (unpaired) electrons. The van der Waals surface area contributed by atoms with Crippen molar-refractivity contribution < 1.29 is 4.79 Å². The van der Waals surface area contributed by atoms with Gasteiger partial charge in [-0.25, -0.2) is 4.52 Å². The number of nitrogens with zero attached hydrogens (tertiary/aromatic N) is 4. The highest BCUT2D eigenvalue weighted by atomic mass is 16.2. The van der Waals surface area contributed by atoms with Crippen molar-refractivity contribution in [3.05, 3.63) is 66.2 Å². The second kappa shape index (κ2) is 6.64. The standard InChI is InChI=1S/C19H21N5O/c1-23-18(25)10-15(19(23)14-5-7-20-8-6-14)11-21-12-16-13-22-24-9-3-2-4-17(16)24/h2-9,13,15,19,21H,10-12H2,1H3/t15-,19-/m0/s1. The summed E-state index contributed by atoms with van der Waals surface area (Å²) in [6.07, 6.45) is 7.99. The van der Waals surface area contributed by atoms with Crippen LogP contribution in [0.5, 0.6) is 0 Å². The van der Waals surface area contributed by atoms with Gasteiger partial charge in [0.25, 0.3) is 0 Å². The Kier molecular flexibility index (Phi) is 4.19. The highest BCUT2D eigenvalue weighted by Crippen LogP contribution is 2.36. The van der Waals surface area contributed by atoms with Crippen molar-refractivity contribution in [3.63, 3.8) is 0 Å². The van der Waals surface area contributed by atoms with Gasteiger partial charge in [-0.1, -0.05) is 6.07 Å². The molecule has 25 heavy (non-hydrogen) atoms. The molecule has 0 aliphatic carbocycles. The molecular weight excluding hydrogens is 314 g/mol. The van der Waals surface area contributed by atoms with E-state index in [2.05, 4.69) is 21.5 Å². The number of pyridine rings is 2. The van der Waals surface area contributed by atoms with Crippen LogP contribution >= 0.6 is 0 Å². The van der Waals surface area contributed by atoms with Crippen LogP contribution in [0.4, 0.5) is 0 Å². The van der Waals surface area contributed by atoms with Crippen molar-refractivity contribution in [3.8, 4) is 0 Å². The van der Waals surface area contributed by atoms with Gasteiger partial charge in [0.1, 0.15) is 0 Å². The monoisotopic (exact) mass is 335 g/mol. The number of nitrogens with one attached hydrogen (secondary N) is 1. The summed E-state index contributed by atoms with van der Waals surface area (Å²) in [5.74, 6) is 0.450. The van der Waals surface area contributed by atoms with Crippen LogP contribution in [0.1, 0.15) is 23.6 Å². The molecule has 0 bridgehead atoms. The predicted octanol–water partition coefficient (Wildman–Crippen LogP) is 2.04. The van der Waals surface area contributed by atoms with Crippen molar-refractivity contribution in [2.24, 2.45) is 5.92 Å². The molecule has 1 fully saturated rings. The fourth-order valence-corrected chi connectivity index (χ4v) is 3.71. The summed E-state index contributed by atoms with van der Waals surface area (Å²) >= 11 is 0. The van der Waals surface area contributed by atoms with Crippen molar-refractivity contribution in [2.45, 2.75) is 19.0 Å². The Labute approximate surface area is 146 Å². The van der Waals surface area contributed by atoms with E-state index in [9.17, 15) is 4.79 Å². The summed E-state index contributed by atoms with van der Waals surface area (Å²) in [5.41, 5.74) is 3.42. The van der Waals surface area contributed by atoms with Crippen molar-refractivity contribution in [1.82, 2.24) is 24.8 Å². The quantitative estimate of drug-likeness (QED) is 0.775. The largest absolute Gasteiger partial charge is 0.338 e. The number of carbonyl (C=O) groups excluding carboxylic acids is 1. The Hall–Kier alpha value is -2.73. The lowest BCUT2D eigenvalue weighted by Crippen LogP contribution is -2.29. The number of amides is 1. The van der Waals surface area contributed by atoms with Gasteiger partial charge in [-0.3, -0.25) is 9.78 Å². The van der Waals surface area contributed by atoms with Crippen LogP contribution in [0, 0.1) is 5.92 Å². The average molecular weight is 335 g/mol. The molecule has 3 aromatic rings. The lowest BCUT2D eigenvalue weighted by molar-refractivity contribution is -0.127. The summed E-state index contributed by atoms with van der Waals surface area (Å²) in [5, 5.41) is 7.88. The van der Waals surface area contributed by atoms with E-state index in [1.807, 2.05) is 53.1 Å². The molecule has 1 N–H and O–H groups in total. The average Bonchev–Trinajstić information content (AvgIpc) is 3.17. The van der Waals surface area contributed by atoms with Crippen LogP contribution < -0.4 is 5.32 Å². The minimum atomic E-state index is 0.104. The predicted molar refractivity (Wildman–Crippen MR) is 94.8 cm³/mol. The van der Waals surface area contributed by atoms with Crippen molar-refractivity contribution in [1.29, 1.82) is 0 Å². The molecule has 128 valence electrons. The molecule has 6 nitrogen and oxygen atoms in total. The number of carbonyl (C=O) groups is 1. The van der Waals surface area contributed by atoms with Gasteiger partial charge >= 0.3 is 0 Å². The Morgan fingerprint density at radius 3 is 2.92 bits per heavy atom. The molecule has 6 heteroatoms. The number of fused-ring (bicyclic) bond motifs is 1. The zero-order chi connectivity index (χ0) is 17.2. The third-order valence-electron chi connectivity index (χ3n) is 4.97. The lowest BCUT2D eigenvalue weighted by Gasteiger charge is -2.25. The fourth-order valence-electron chi connectivity index (χ4n) is 3.71. The van der Waals surface area contributed by atoms with Gasteiger partial charge < -0.3 is 10.2 Å². The van der Waals surface area contributed by atoms with E-state index in [0.717, 1.165) is 24.2 Å². The molecule has 1 amide bonds. The highest BCUT2D eigenvalue weighted by molar-refractivity contribution is 5.79. The molecular formula is C19H21N5O. The smallest absolute Gasteiger partial charge is 0.223 e. The van der Waals surface area contributed by atoms with Gasteiger partial charge in [-0.15, -0.1) is 0 Å². The zero-order valence-corrected chi connectivity index (χ0v) is 14.2. The number of aromatic nitrogens is 3. The molecule has 1 saturated heterocycles. The number of likely N-dealkylation sites (tertiary alicyclic amines) is 1. The first-order valence-corrected chi connectivity index (χ1v) is 8.51. The minimum absolute atomic E-state index is 0.104. The molecule has 1 aliphatic heterocycles. The van der Waals surface area contributed by atoms with Crippen LogP contribution in [0.15, 0.2) is 55.1 Å². The van der Waals surface area contributed by atoms with Gasteiger partial charge in [0, 0.05) is 56.6 Å². The van der Waals surface area contributed by atoms with E-state index in [-0.39, 0.29) is 17.9 Å². The molecule has 4 rings (SSSR count). The van der Waals surface area contributed by atoms with Gasteiger partial charge in [0.05, 0.1) is 17.8 Å². The van der Waals surface area contributed by atoms with Crippen molar-refractivity contribution >= 4 is 11.4 Å². The minimum Gasteiger partial charge on any atom is -0.338 e. The van der Waals surface area contributed by atoms with Crippen LogP contribution in [-0.4, -0.2) is 39.0 Å². The molecule has 1 aliphatic rings. The Balaban J connectivity index is 1.45. The second-order valence-corrected chi connectivity index (χ2v) is 6.53. The fraction of sp³-hybridized carbons (Fsp3) is 0.316. The maximum absolute atomic E-state index is 12.2. The Morgan fingerprint density at radius 1 is 1.24 bits per heavy atom. The summed E-state index contributed by atoms with van der Waals surface area (Å²) in [4.78, 5) is 18.1. The first kappa shape index (κ1) is 15.8. The topological polar surface area (TPSA) is 62.5 Å². The third-order valence-corrected chi connectivity index (χ3v) is 4.97. The second-order valence-electron chi connectivity index (χ2n) is 6.53. The van der Waals surface area contributed by atoms with E-state index < -0.39 is 0 Å². The maximum Gasteiger partial charge on any atom is 0.223 e. The first-order valence-electron chi connectivity index (χ1n) is 8.51. The van der Waals surface area contributed by atoms with E-state index in [1.54, 1.807) is 12.4 Å². The van der Waals surface area contributed by atoms with E-state index in [1.165, 1.54) is 5.56 Å². The summed E-state index contributed by atoms with van der Waals surface area (Å²) in [6, 6.07) is 10.2. The normalized spacial score (nSPS) is 20.5. The number of hydrogen-bond acceptors (Lipinski definition) is 4. The van der Waals surface area contributed by atoms with Gasteiger partial charge in [0.2, 0.25) is 5.91 Å². The van der Waals surface area contributed by atoms with Gasteiger partial charge in [0.15, 0.2) is 0 Å². The van der Waals surface area contributed by atoms with Crippen LogP contribution in [0.25, 0.3) is 5.52 Å². The van der Waals surface area contributed by atoms with Crippen LogP contribution in [0.2, 0.25) is 0 Å². The summed E-state index contributed by atoms with van der Waals surface area (Å²) < 4.78 is 1.88. The van der Waals surface area contributed by atoms with Crippen LogP contribution in [0.3, 0.4) is 0 Å². The van der Waals surface area contributed by atoms with Gasteiger partial charge in [-0.2, -0.15) is 5.10 Å². The molecule has 4 heterocycles. The zero-order valence-electron chi connectivity index (χ0n) is 14.2. The number of hydrogen-bond donors (Lipinski definition) is 1. The van der Waals surface area contributed by atoms with Crippen LogP contribution in [-0.2, 0) is 11.3 Å². The highest BCUT2D eigenvalue weighted by Gasteiger charge is 2.37. The Bertz CT molecular complexity index is 876. The molecule has 3 aromatic heterocycles.